The Morgan fingerprint density at radius 1 is 1.32 bits per heavy atom. The number of alkyl halides is 1. The normalized spacial score (nSPS) is 19.8. The summed E-state index contributed by atoms with van der Waals surface area (Å²) in [6, 6.07) is 7.24. The molecule has 9 heteroatoms. The summed E-state index contributed by atoms with van der Waals surface area (Å²) in [6.07, 6.45) is 4.41. The van der Waals surface area contributed by atoms with Gasteiger partial charge in [0.15, 0.2) is 0 Å². The number of aromatic nitrogens is 2. The molecular formula is C25H30FN3O3S2. The molecule has 2 aromatic heterocycles. The maximum absolute atomic E-state index is 15.4. The number of thioether (sulfide) groups is 1. The first-order valence-corrected chi connectivity index (χ1v) is 13.4. The maximum atomic E-state index is 15.4. The lowest BCUT2D eigenvalue weighted by molar-refractivity contribution is -0.139. The highest BCUT2D eigenvalue weighted by Crippen LogP contribution is 2.36. The number of fused-ring (bicyclic) bond motifs is 1. The van der Waals surface area contributed by atoms with Gasteiger partial charge in [0.25, 0.3) is 0 Å². The second-order valence-corrected chi connectivity index (χ2v) is 10.9. The van der Waals surface area contributed by atoms with Crippen LogP contribution in [0, 0.1) is 11.8 Å². The largest absolute Gasteiger partial charge is 0.497 e. The van der Waals surface area contributed by atoms with E-state index < -0.39 is 12.1 Å². The van der Waals surface area contributed by atoms with Crippen molar-refractivity contribution in [1.29, 1.82) is 0 Å². The van der Waals surface area contributed by atoms with Crippen LogP contribution < -0.4 is 4.74 Å². The number of carboxylic acids is 1. The average Bonchev–Trinajstić information content (AvgIpc) is 3.36. The second-order valence-electron chi connectivity index (χ2n) is 8.68. The predicted octanol–water partition coefficient (Wildman–Crippen LogP) is 5.70. The summed E-state index contributed by atoms with van der Waals surface area (Å²) in [5, 5.41) is 12.2. The molecule has 182 valence electrons. The molecule has 1 aliphatic heterocycles. The van der Waals surface area contributed by atoms with Gasteiger partial charge in [-0.05, 0) is 67.5 Å². The van der Waals surface area contributed by atoms with E-state index >= 15 is 4.39 Å². The Morgan fingerprint density at radius 2 is 2.21 bits per heavy atom. The van der Waals surface area contributed by atoms with Gasteiger partial charge in [-0.1, -0.05) is 11.8 Å². The third-order valence-electron chi connectivity index (χ3n) is 6.57. The van der Waals surface area contributed by atoms with Crippen molar-refractivity contribution in [1.82, 2.24) is 14.9 Å². The van der Waals surface area contributed by atoms with E-state index in [4.69, 9.17) is 4.74 Å². The molecule has 1 aliphatic rings. The highest BCUT2D eigenvalue weighted by molar-refractivity contribution is 8.01. The number of thiazole rings is 1. The number of hydrogen-bond donors (Lipinski definition) is 1. The molecule has 4 rings (SSSR count). The minimum atomic E-state index is -1.13. The number of hydrogen-bond acceptors (Lipinski definition) is 7. The third-order valence-corrected chi connectivity index (χ3v) is 8.51. The van der Waals surface area contributed by atoms with Crippen molar-refractivity contribution >= 4 is 40.0 Å². The second kappa shape index (κ2) is 12.0. The fourth-order valence-electron chi connectivity index (χ4n) is 4.80. The number of halogens is 1. The molecule has 0 saturated carbocycles. The number of nitrogens with zero attached hydrogens (tertiary/aromatic N) is 3. The molecule has 1 fully saturated rings. The number of pyridine rings is 1. The van der Waals surface area contributed by atoms with Crippen molar-refractivity contribution in [2.45, 2.75) is 36.2 Å². The minimum absolute atomic E-state index is 0.0394. The standard InChI is InChI=1S/C25H30FN3O3S2/c1-32-19-3-5-23-21(15-19)20(6-8-27-23)22(26)4-2-17-7-10-29(16-18(17)14-24(30)31)11-13-34-25-28-9-12-33-25/h3,5-6,8-9,12,15,17-18,22H,2,4,7,10-11,13-14,16H2,1H3,(H,30,31)/t17-,18+,22?/m1/s1. The van der Waals surface area contributed by atoms with E-state index in [-0.39, 0.29) is 18.3 Å². The van der Waals surface area contributed by atoms with E-state index in [9.17, 15) is 9.90 Å². The van der Waals surface area contributed by atoms with Gasteiger partial charge >= 0.3 is 5.97 Å². The molecule has 0 aliphatic carbocycles. The molecule has 34 heavy (non-hydrogen) atoms. The first-order valence-electron chi connectivity index (χ1n) is 11.6. The lowest BCUT2D eigenvalue weighted by Crippen LogP contribution is -2.42. The summed E-state index contributed by atoms with van der Waals surface area (Å²) in [6.45, 7) is 2.58. The molecule has 0 radical (unpaired) electrons. The first kappa shape index (κ1) is 24.9. The van der Waals surface area contributed by atoms with Gasteiger partial charge < -0.3 is 14.7 Å². The van der Waals surface area contributed by atoms with Gasteiger partial charge in [-0.2, -0.15) is 0 Å². The summed E-state index contributed by atoms with van der Waals surface area (Å²) in [5.74, 6) is 1.08. The topological polar surface area (TPSA) is 75.5 Å². The maximum Gasteiger partial charge on any atom is 0.303 e. The van der Waals surface area contributed by atoms with E-state index in [1.165, 1.54) is 0 Å². The fourth-order valence-corrected chi connectivity index (χ4v) is 6.51. The van der Waals surface area contributed by atoms with Gasteiger partial charge in [0.1, 0.15) is 16.3 Å². The van der Waals surface area contributed by atoms with Crippen molar-refractivity contribution in [2.24, 2.45) is 11.8 Å². The molecule has 0 amide bonds. The van der Waals surface area contributed by atoms with Crippen LogP contribution >= 0.6 is 23.1 Å². The number of likely N-dealkylation sites (tertiary alicyclic amines) is 1. The van der Waals surface area contributed by atoms with E-state index in [1.807, 2.05) is 29.8 Å². The average molecular weight is 504 g/mol. The van der Waals surface area contributed by atoms with Crippen LogP contribution in [0.15, 0.2) is 46.4 Å². The molecule has 3 aromatic rings. The zero-order valence-corrected chi connectivity index (χ0v) is 20.9. The number of carboxylic acid groups (broad SMARTS) is 1. The number of rotatable bonds is 11. The Bertz CT molecular complexity index is 1080. The van der Waals surface area contributed by atoms with Crippen molar-refractivity contribution < 1.29 is 19.0 Å². The Balaban J connectivity index is 1.35. The van der Waals surface area contributed by atoms with Crippen LogP contribution in [0.4, 0.5) is 4.39 Å². The summed E-state index contributed by atoms with van der Waals surface area (Å²) in [5.41, 5.74) is 1.36. The summed E-state index contributed by atoms with van der Waals surface area (Å²) in [4.78, 5) is 22.5. The van der Waals surface area contributed by atoms with Gasteiger partial charge in [0.05, 0.1) is 12.6 Å². The molecule has 1 saturated heterocycles. The van der Waals surface area contributed by atoms with Crippen LogP contribution in [0.5, 0.6) is 5.75 Å². The number of carbonyl (C=O) groups is 1. The van der Waals surface area contributed by atoms with E-state index in [0.29, 0.717) is 24.2 Å². The van der Waals surface area contributed by atoms with Crippen molar-refractivity contribution in [3.05, 3.63) is 47.6 Å². The van der Waals surface area contributed by atoms with Gasteiger partial charge in [0, 0.05) is 48.4 Å². The highest BCUT2D eigenvalue weighted by atomic mass is 32.2. The van der Waals surface area contributed by atoms with Crippen LogP contribution in [0.25, 0.3) is 10.9 Å². The zero-order chi connectivity index (χ0) is 23.9. The molecule has 0 bridgehead atoms. The Labute approximate surface area is 207 Å². The molecule has 1 aromatic carbocycles. The van der Waals surface area contributed by atoms with Crippen LogP contribution in [-0.4, -0.2) is 58.4 Å². The molecule has 6 nitrogen and oxygen atoms in total. The summed E-state index contributed by atoms with van der Waals surface area (Å²) >= 11 is 3.38. The van der Waals surface area contributed by atoms with E-state index in [1.54, 1.807) is 42.5 Å². The van der Waals surface area contributed by atoms with Gasteiger partial charge in [-0.25, -0.2) is 9.37 Å². The van der Waals surface area contributed by atoms with Crippen LogP contribution in [0.2, 0.25) is 0 Å². The number of methoxy groups -OCH3 is 1. The Kier molecular flexibility index (Phi) is 8.74. The quantitative estimate of drug-likeness (QED) is 0.337. The van der Waals surface area contributed by atoms with Crippen molar-refractivity contribution in [3.8, 4) is 5.75 Å². The van der Waals surface area contributed by atoms with Crippen LogP contribution in [-0.2, 0) is 4.79 Å². The minimum Gasteiger partial charge on any atom is -0.497 e. The predicted molar refractivity (Wildman–Crippen MR) is 135 cm³/mol. The van der Waals surface area contributed by atoms with Crippen LogP contribution in [0.3, 0.4) is 0 Å². The number of piperidine rings is 1. The zero-order valence-electron chi connectivity index (χ0n) is 19.2. The Hall–Kier alpha value is -2.23. The lowest BCUT2D eigenvalue weighted by atomic mass is 9.79. The van der Waals surface area contributed by atoms with Gasteiger partial charge in [0.2, 0.25) is 0 Å². The number of benzene rings is 1. The Morgan fingerprint density at radius 3 is 2.97 bits per heavy atom. The molecule has 3 atom stereocenters. The van der Waals surface area contributed by atoms with Crippen LogP contribution in [0.1, 0.15) is 37.4 Å². The number of ether oxygens (including phenoxy) is 1. The fraction of sp³-hybridized carbons (Fsp3) is 0.480. The van der Waals surface area contributed by atoms with E-state index in [2.05, 4.69) is 14.9 Å². The van der Waals surface area contributed by atoms with E-state index in [0.717, 1.165) is 47.1 Å². The lowest BCUT2D eigenvalue weighted by Gasteiger charge is -2.38. The summed E-state index contributed by atoms with van der Waals surface area (Å²) < 4.78 is 21.8. The number of aliphatic carboxylic acids is 1. The molecule has 1 N–H and O–H groups in total. The van der Waals surface area contributed by atoms with Gasteiger partial charge in [-0.3, -0.25) is 9.78 Å². The smallest absolute Gasteiger partial charge is 0.303 e. The monoisotopic (exact) mass is 503 g/mol. The SMILES string of the molecule is COc1ccc2nccc(C(F)CC[C@@H]3CCN(CCSc4nccs4)C[C@@H]3CC(=O)O)c2c1. The van der Waals surface area contributed by atoms with Crippen molar-refractivity contribution in [2.75, 3.05) is 32.5 Å². The molecular weight excluding hydrogens is 473 g/mol. The molecule has 0 spiro atoms. The highest BCUT2D eigenvalue weighted by Gasteiger charge is 2.31. The molecule has 1 unspecified atom stereocenters. The van der Waals surface area contributed by atoms with Crippen molar-refractivity contribution in [3.63, 3.8) is 0 Å². The van der Waals surface area contributed by atoms with Gasteiger partial charge in [-0.15, -0.1) is 11.3 Å². The summed E-state index contributed by atoms with van der Waals surface area (Å²) in [7, 11) is 1.59. The first-order chi connectivity index (χ1) is 16.5. The molecule has 3 heterocycles. The third kappa shape index (κ3) is 6.46.